The lowest BCUT2D eigenvalue weighted by Crippen LogP contribution is -2.08. The number of anilines is 2. The van der Waals surface area contributed by atoms with Gasteiger partial charge in [0.15, 0.2) is 5.78 Å². The molecule has 0 fully saturated rings. The number of benzene rings is 2. The van der Waals surface area contributed by atoms with Gasteiger partial charge in [-0.15, -0.1) is 0 Å². The van der Waals surface area contributed by atoms with Crippen LogP contribution in [0.25, 0.3) is 0 Å². The van der Waals surface area contributed by atoms with E-state index in [1.807, 2.05) is 50.2 Å². The van der Waals surface area contributed by atoms with E-state index in [2.05, 4.69) is 5.32 Å². The van der Waals surface area contributed by atoms with E-state index in [4.69, 9.17) is 4.74 Å². The van der Waals surface area contributed by atoms with E-state index in [-0.39, 0.29) is 5.78 Å². The Hall–Kier alpha value is -2.75. The second-order valence-corrected chi connectivity index (χ2v) is 5.24. The maximum Gasteiger partial charge on any atom is 0.187 e. The number of nitrogens with one attached hydrogen (secondary N) is 1. The Kier molecular flexibility index (Phi) is 5.80. The number of nitrogens with zero attached hydrogens (tertiary/aromatic N) is 1. The molecule has 0 unspecified atom stereocenters. The van der Waals surface area contributed by atoms with Crippen molar-refractivity contribution in [3.63, 3.8) is 0 Å². The quantitative estimate of drug-likeness (QED) is 0.621. The Balaban J connectivity index is 1.92. The summed E-state index contributed by atoms with van der Waals surface area (Å²) in [6.45, 7) is 2.54. The average Bonchev–Trinajstić information content (AvgIpc) is 2.56. The van der Waals surface area contributed by atoms with Crippen LogP contribution in [0.2, 0.25) is 0 Å². The van der Waals surface area contributed by atoms with E-state index in [9.17, 15) is 4.79 Å². The van der Waals surface area contributed by atoms with Gasteiger partial charge >= 0.3 is 0 Å². The molecule has 4 nitrogen and oxygen atoms in total. The summed E-state index contributed by atoms with van der Waals surface area (Å²) in [5.41, 5.74) is 2.70. The van der Waals surface area contributed by atoms with Gasteiger partial charge in [-0.1, -0.05) is 0 Å². The molecule has 0 saturated heterocycles. The Bertz CT molecular complexity index is 659. The summed E-state index contributed by atoms with van der Waals surface area (Å²) in [6, 6.07) is 15.1. The fourth-order valence-corrected chi connectivity index (χ4v) is 2.05. The first-order valence-corrected chi connectivity index (χ1v) is 7.58. The predicted octanol–water partition coefficient (Wildman–Crippen LogP) is 3.96. The first kappa shape index (κ1) is 16.6. The molecule has 1 N–H and O–H groups in total. The van der Waals surface area contributed by atoms with Gasteiger partial charge in [-0.05, 0) is 55.5 Å². The molecular formula is C19H22N2O2. The molecule has 23 heavy (non-hydrogen) atoms. The molecular weight excluding hydrogens is 288 g/mol. The SMILES string of the molecule is CCOc1ccc(C(=O)C=CNc2ccc(N(C)C)cc2)cc1. The molecule has 0 aromatic heterocycles. The van der Waals surface area contributed by atoms with E-state index in [0.29, 0.717) is 12.2 Å². The van der Waals surface area contributed by atoms with Gasteiger partial charge in [0.05, 0.1) is 6.61 Å². The molecule has 0 atom stereocenters. The Labute approximate surface area is 137 Å². The molecule has 0 spiro atoms. The zero-order valence-corrected chi connectivity index (χ0v) is 13.7. The fourth-order valence-electron chi connectivity index (χ4n) is 2.05. The number of ketones is 1. The van der Waals surface area contributed by atoms with Crippen LogP contribution in [0.3, 0.4) is 0 Å². The first-order chi connectivity index (χ1) is 11.1. The molecule has 0 amide bonds. The average molecular weight is 310 g/mol. The van der Waals surface area contributed by atoms with Crippen molar-refractivity contribution in [1.82, 2.24) is 0 Å². The lowest BCUT2D eigenvalue weighted by molar-refractivity contribution is 0.104. The van der Waals surface area contributed by atoms with E-state index >= 15 is 0 Å². The molecule has 0 bridgehead atoms. The zero-order chi connectivity index (χ0) is 16.7. The third kappa shape index (κ3) is 4.88. The molecule has 2 aromatic carbocycles. The van der Waals surface area contributed by atoms with Crippen molar-refractivity contribution in [2.24, 2.45) is 0 Å². The molecule has 0 aliphatic rings. The molecule has 2 rings (SSSR count). The van der Waals surface area contributed by atoms with Crippen LogP contribution in [0.1, 0.15) is 17.3 Å². The summed E-state index contributed by atoms with van der Waals surface area (Å²) in [5, 5.41) is 3.10. The number of carbonyl (C=O) groups is 1. The van der Waals surface area contributed by atoms with Gasteiger partial charge in [-0.2, -0.15) is 0 Å². The smallest absolute Gasteiger partial charge is 0.187 e. The van der Waals surface area contributed by atoms with Gasteiger partial charge in [0.2, 0.25) is 0 Å². The van der Waals surface area contributed by atoms with E-state index in [1.54, 1.807) is 30.5 Å². The van der Waals surface area contributed by atoms with Crippen LogP contribution in [0, 0.1) is 0 Å². The first-order valence-electron chi connectivity index (χ1n) is 7.58. The summed E-state index contributed by atoms with van der Waals surface area (Å²) < 4.78 is 5.36. The minimum Gasteiger partial charge on any atom is -0.494 e. The van der Waals surface area contributed by atoms with Crippen LogP contribution < -0.4 is 15.0 Å². The van der Waals surface area contributed by atoms with Crippen molar-refractivity contribution in [3.05, 3.63) is 66.4 Å². The highest BCUT2D eigenvalue weighted by atomic mass is 16.5. The van der Waals surface area contributed by atoms with Crippen LogP contribution in [0.5, 0.6) is 5.75 Å². The fraction of sp³-hybridized carbons (Fsp3) is 0.211. The minimum absolute atomic E-state index is 0.0505. The summed E-state index contributed by atoms with van der Waals surface area (Å²) in [7, 11) is 4.00. The van der Waals surface area contributed by atoms with E-state index < -0.39 is 0 Å². The third-order valence-corrected chi connectivity index (χ3v) is 3.32. The molecule has 0 aliphatic heterocycles. The predicted molar refractivity (Wildman–Crippen MR) is 95.5 cm³/mol. The standard InChI is InChI=1S/C19H22N2O2/c1-4-23-18-11-5-15(6-12-18)19(22)13-14-20-16-7-9-17(10-8-16)21(2)3/h5-14,20H,4H2,1-3H3. The largest absolute Gasteiger partial charge is 0.494 e. The summed E-state index contributed by atoms with van der Waals surface area (Å²) in [6.07, 6.45) is 3.18. The zero-order valence-electron chi connectivity index (χ0n) is 13.7. The third-order valence-electron chi connectivity index (χ3n) is 3.32. The monoisotopic (exact) mass is 310 g/mol. The lowest BCUT2D eigenvalue weighted by atomic mass is 10.1. The molecule has 4 heteroatoms. The van der Waals surface area contributed by atoms with Gasteiger partial charge in [0.1, 0.15) is 5.75 Å². The number of ether oxygens (including phenoxy) is 1. The highest BCUT2D eigenvalue weighted by Crippen LogP contribution is 2.16. The second kappa shape index (κ2) is 8.03. The van der Waals surface area contributed by atoms with Crippen molar-refractivity contribution in [3.8, 4) is 5.75 Å². The van der Waals surface area contributed by atoms with Crippen LogP contribution in [0.15, 0.2) is 60.8 Å². The Morgan fingerprint density at radius 1 is 1.09 bits per heavy atom. The molecule has 2 aromatic rings. The molecule has 0 radical (unpaired) electrons. The van der Waals surface area contributed by atoms with Gasteiger partial charge in [-0.25, -0.2) is 0 Å². The van der Waals surface area contributed by atoms with E-state index in [1.165, 1.54) is 6.08 Å². The maximum absolute atomic E-state index is 12.1. The van der Waals surface area contributed by atoms with Crippen LogP contribution in [-0.4, -0.2) is 26.5 Å². The topological polar surface area (TPSA) is 41.6 Å². The number of allylic oxidation sites excluding steroid dienone is 1. The summed E-state index contributed by atoms with van der Waals surface area (Å²) in [4.78, 5) is 14.1. The Morgan fingerprint density at radius 2 is 1.74 bits per heavy atom. The Morgan fingerprint density at radius 3 is 2.30 bits per heavy atom. The molecule has 0 saturated carbocycles. The van der Waals surface area contributed by atoms with Crippen LogP contribution in [0.4, 0.5) is 11.4 Å². The summed E-state index contributed by atoms with van der Waals surface area (Å²) >= 11 is 0. The van der Waals surface area contributed by atoms with Gasteiger partial charge in [-0.3, -0.25) is 4.79 Å². The van der Waals surface area contributed by atoms with E-state index in [0.717, 1.165) is 17.1 Å². The summed E-state index contributed by atoms with van der Waals surface area (Å²) in [5.74, 6) is 0.720. The van der Waals surface area contributed by atoms with Crippen molar-refractivity contribution in [2.45, 2.75) is 6.92 Å². The lowest BCUT2D eigenvalue weighted by Gasteiger charge is -2.12. The normalized spacial score (nSPS) is 10.6. The van der Waals surface area contributed by atoms with Crippen molar-refractivity contribution in [2.75, 3.05) is 30.9 Å². The van der Waals surface area contributed by atoms with Gasteiger partial charge in [0.25, 0.3) is 0 Å². The molecule has 0 heterocycles. The van der Waals surface area contributed by atoms with Crippen molar-refractivity contribution in [1.29, 1.82) is 0 Å². The van der Waals surface area contributed by atoms with Gasteiger partial charge < -0.3 is 15.0 Å². The molecule has 120 valence electrons. The highest BCUT2D eigenvalue weighted by Gasteiger charge is 2.02. The van der Waals surface area contributed by atoms with Crippen LogP contribution >= 0.6 is 0 Å². The van der Waals surface area contributed by atoms with Crippen molar-refractivity contribution < 1.29 is 9.53 Å². The molecule has 0 aliphatic carbocycles. The minimum atomic E-state index is -0.0505. The number of hydrogen-bond donors (Lipinski definition) is 1. The maximum atomic E-state index is 12.1. The second-order valence-electron chi connectivity index (χ2n) is 5.24. The number of rotatable bonds is 7. The number of carbonyl (C=O) groups excluding carboxylic acids is 1. The highest BCUT2D eigenvalue weighted by molar-refractivity contribution is 6.04. The van der Waals surface area contributed by atoms with Crippen LogP contribution in [-0.2, 0) is 0 Å². The van der Waals surface area contributed by atoms with Gasteiger partial charge in [0, 0.05) is 43.3 Å². The number of hydrogen-bond acceptors (Lipinski definition) is 4. The van der Waals surface area contributed by atoms with Crippen molar-refractivity contribution >= 4 is 17.2 Å².